The van der Waals surface area contributed by atoms with E-state index in [1.54, 1.807) is 12.1 Å². The van der Waals surface area contributed by atoms with Crippen LogP contribution in [0.5, 0.6) is 0 Å². The van der Waals surface area contributed by atoms with E-state index in [2.05, 4.69) is 5.32 Å². The maximum absolute atomic E-state index is 12.5. The van der Waals surface area contributed by atoms with E-state index in [1.807, 2.05) is 35.2 Å². The van der Waals surface area contributed by atoms with Gasteiger partial charge in [-0.2, -0.15) is 0 Å². The van der Waals surface area contributed by atoms with Gasteiger partial charge in [-0.1, -0.05) is 53.5 Å². The van der Waals surface area contributed by atoms with Gasteiger partial charge in [-0.05, 0) is 30.2 Å². The molecule has 1 atom stereocenters. The molecule has 0 spiro atoms. The van der Waals surface area contributed by atoms with Gasteiger partial charge in [0.25, 0.3) is 5.91 Å². The van der Waals surface area contributed by atoms with Gasteiger partial charge in [0.2, 0.25) is 5.91 Å². The van der Waals surface area contributed by atoms with Gasteiger partial charge in [0.1, 0.15) is 6.10 Å². The molecule has 0 radical (unpaired) electrons. The first-order valence-electron chi connectivity index (χ1n) is 9.22. The highest BCUT2D eigenvalue weighted by atomic mass is 35.5. The summed E-state index contributed by atoms with van der Waals surface area (Å²) >= 11 is 11.9. The Bertz CT molecular complexity index is 830. The van der Waals surface area contributed by atoms with E-state index < -0.39 is 0 Å². The Labute approximate surface area is 174 Å². The highest BCUT2D eigenvalue weighted by Gasteiger charge is 2.24. The second-order valence-corrected chi connectivity index (χ2v) is 7.44. The molecule has 1 heterocycles. The summed E-state index contributed by atoms with van der Waals surface area (Å²) in [6.45, 7) is 2.05. The van der Waals surface area contributed by atoms with Crippen molar-refractivity contribution >= 4 is 35.0 Å². The Morgan fingerprint density at radius 3 is 2.71 bits per heavy atom. The Kier molecular flexibility index (Phi) is 7.31. The molecule has 7 heteroatoms. The fraction of sp³-hybridized carbons (Fsp3) is 0.333. The predicted molar refractivity (Wildman–Crippen MR) is 110 cm³/mol. The zero-order valence-electron chi connectivity index (χ0n) is 15.4. The lowest BCUT2D eigenvalue weighted by Gasteiger charge is -2.33. The topological polar surface area (TPSA) is 58.6 Å². The molecular formula is C21H22Cl2N2O3. The maximum Gasteiger partial charge on any atom is 0.252 e. The van der Waals surface area contributed by atoms with Crippen LogP contribution in [0.3, 0.4) is 0 Å². The first kappa shape index (κ1) is 20.6. The van der Waals surface area contributed by atoms with Crippen LogP contribution in [0.15, 0.2) is 48.5 Å². The van der Waals surface area contributed by atoms with Crippen molar-refractivity contribution in [3.63, 3.8) is 0 Å². The molecule has 5 nitrogen and oxygen atoms in total. The van der Waals surface area contributed by atoms with Gasteiger partial charge >= 0.3 is 0 Å². The molecule has 1 fully saturated rings. The number of amides is 2. The molecule has 0 aromatic heterocycles. The Morgan fingerprint density at radius 2 is 1.93 bits per heavy atom. The third kappa shape index (κ3) is 5.47. The van der Waals surface area contributed by atoms with Crippen molar-refractivity contribution in [2.24, 2.45) is 0 Å². The van der Waals surface area contributed by atoms with E-state index in [0.717, 1.165) is 5.56 Å². The minimum atomic E-state index is -0.296. The second-order valence-electron chi connectivity index (χ2n) is 6.59. The number of carbonyl (C=O) groups excluding carboxylic acids is 2. The van der Waals surface area contributed by atoms with Gasteiger partial charge in [-0.25, -0.2) is 0 Å². The highest BCUT2D eigenvalue weighted by molar-refractivity contribution is 6.35. The van der Waals surface area contributed by atoms with Crippen LogP contribution in [-0.4, -0.2) is 43.0 Å². The second kappa shape index (κ2) is 9.92. The first-order chi connectivity index (χ1) is 13.5. The summed E-state index contributed by atoms with van der Waals surface area (Å²) in [5, 5.41) is 3.58. The van der Waals surface area contributed by atoms with Crippen LogP contribution in [0.4, 0.5) is 0 Å². The molecule has 1 saturated heterocycles. The SMILES string of the molecule is O=C(NCCCC(=O)N1CCOC(c2ccccc2)C1)c1cc(Cl)ccc1Cl. The standard InChI is InChI=1S/C21H22Cl2N2O3/c22-16-8-9-18(23)17(13-16)21(27)24-10-4-7-20(26)25-11-12-28-19(14-25)15-5-2-1-3-6-15/h1-3,5-6,8-9,13,19H,4,7,10-12,14H2,(H,24,27). The van der Waals surface area contributed by atoms with Gasteiger partial charge in [0, 0.05) is 24.5 Å². The average Bonchev–Trinajstić information content (AvgIpc) is 2.73. The van der Waals surface area contributed by atoms with E-state index in [0.29, 0.717) is 54.7 Å². The number of ether oxygens (including phenoxy) is 1. The number of morpholine rings is 1. The maximum atomic E-state index is 12.5. The number of hydrogen-bond acceptors (Lipinski definition) is 3. The fourth-order valence-electron chi connectivity index (χ4n) is 3.11. The Morgan fingerprint density at radius 1 is 1.14 bits per heavy atom. The smallest absolute Gasteiger partial charge is 0.252 e. The molecule has 3 rings (SSSR count). The molecule has 0 bridgehead atoms. The normalized spacial score (nSPS) is 16.6. The minimum Gasteiger partial charge on any atom is -0.370 e. The lowest BCUT2D eigenvalue weighted by molar-refractivity contribution is -0.139. The highest BCUT2D eigenvalue weighted by Crippen LogP contribution is 2.23. The number of rotatable bonds is 6. The molecule has 0 aliphatic carbocycles. The fourth-order valence-corrected chi connectivity index (χ4v) is 3.49. The van der Waals surface area contributed by atoms with E-state index in [-0.39, 0.29) is 17.9 Å². The van der Waals surface area contributed by atoms with Crippen molar-refractivity contribution < 1.29 is 14.3 Å². The number of carbonyl (C=O) groups is 2. The van der Waals surface area contributed by atoms with Crippen molar-refractivity contribution in [2.45, 2.75) is 18.9 Å². The number of nitrogens with one attached hydrogen (secondary N) is 1. The Balaban J connectivity index is 1.44. The molecule has 1 unspecified atom stereocenters. The number of halogens is 2. The minimum absolute atomic E-state index is 0.0688. The van der Waals surface area contributed by atoms with Crippen molar-refractivity contribution in [1.82, 2.24) is 10.2 Å². The molecule has 1 N–H and O–H groups in total. The largest absolute Gasteiger partial charge is 0.370 e. The third-order valence-electron chi connectivity index (χ3n) is 4.62. The van der Waals surface area contributed by atoms with Crippen LogP contribution in [0, 0.1) is 0 Å². The van der Waals surface area contributed by atoms with E-state index in [4.69, 9.17) is 27.9 Å². The number of benzene rings is 2. The number of nitrogens with zero attached hydrogens (tertiary/aromatic N) is 1. The van der Waals surface area contributed by atoms with E-state index in [9.17, 15) is 9.59 Å². The lowest BCUT2D eigenvalue weighted by atomic mass is 10.1. The van der Waals surface area contributed by atoms with Crippen LogP contribution < -0.4 is 5.32 Å². The molecule has 28 heavy (non-hydrogen) atoms. The summed E-state index contributed by atoms with van der Waals surface area (Å²) in [6, 6.07) is 14.7. The summed E-state index contributed by atoms with van der Waals surface area (Å²) in [7, 11) is 0. The summed E-state index contributed by atoms with van der Waals surface area (Å²) < 4.78 is 5.80. The summed E-state index contributed by atoms with van der Waals surface area (Å²) in [5.74, 6) is -0.227. The van der Waals surface area contributed by atoms with Crippen molar-refractivity contribution in [1.29, 1.82) is 0 Å². The van der Waals surface area contributed by atoms with Crippen LogP contribution >= 0.6 is 23.2 Å². The summed E-state index contributed by atoms with van der Waals surface area (Å²) in [5.41, 5.74) is 1.41. The van der Waals surface area contributed by atoms with E-state index in [1.165, 1.54) is 6.07 Å². The van der Waals surface area contributed by atoms with Crippen molar-refractivity contribution in [3.05, 3.63) is 69.7 Å². The number of hydrogen-bond donors (Lipinski definition) is 1. The monoisotopic (exact) mass is 420 g/mol. The molecule has 2 amide bonds. The van der Waals surface area contributed by atoms with Gasteiger partial charge < -0.3 is 15.0 Å². The van der Waals surface area contributed by atoms with Gasteiger partial charge in [-0.15, -0.1) is 0 Å². The Hall–Kier alpha value is -2.08. The first-order valence-corrected chi connectivity index (χ1v) is 9.98. The van der Waals surface area contributed by atoms with E-state index >= 15 is 0 Å². The van der Waals surface area contributed by atoms with Crippen LogP contribution in [0.25, 0.3) is 0 Å². The average molecular weight is 421 g/mol. The molecule has 0 saturated carbocycles. The molecule has 1 aliphatic heterocycles. The van der Waals surface area contributed by atoms with Gasteiger partial charge in [-0.3, -0.25) is 9.59 Å². The zero-order valence-corrected chi connectivity index (χ0v) is 16.9. The molecule has 2 aromatic rings. The van der Waals surface area contributed by atoms with Crippen molar-refractivity contribution in [2.75, 3.05) is 26.2 Å². The summed E-state index contributed by atoms with van der Waals surface area (Å²) in [6.07, 6.45) is 0.824. The molecule has 148 valence electrons. The summed E-state index contributed by atoms with van der Waals surface area (Å²) in [4.78, 5) is 26.5. The third-order valence-corrected chi connectivity index (χ3v) is 5.18. The lowest BCUT2D eigenvalue weighted by Crippen LogP contribution is -2.42. The molecule has 1 aliphatic rings. The van der Waals surface area contributed by atoms with Crippen LogP contribution in [0.1, 0.15) is 34.9 Å². The van der Waals surface area contributed by atoms with Gasteiger partial charge in [0.15, 0.2) is 0 Å². The predicted octanol–water partition coefficient (Wildman–Crippen LogP) is 4.10. The van der Waals surface area contributed by atoms with Crippen LogP contribution in [-0.2, 0) is 9.53 Å². The van der Waals surface area contributed by atoms with Crippen LogP contribution in [0.2, 0.25) is 10.0 Å². The molecule has 2 aromatic carbocycles. The quantitative estimate of drug-likeness (QED) is 0.715. The zero-order chi connectivity index (χ0) is 19.9. The van der Waals surface area contributed by atoms with Crippen molar-refractivity contribution in [3.8, 4) is 0 Å². The van der Waals surface area contributed by atoms with Gasteiger partial charge in [0.05, 0.1) is 23.7 Å². The molecular weight excluding hydrogens is 399 g/mol.